The molecule has 120 valence electrons. The first kappa shape index (κ1) is 18.3. The summed E-state index contributed by atoms with van der Waals surface area (Å²) >= 11 is 1.90. The highest BCUT2D eigenvalue weighted by atomic mass is 32.2. The van der Waals surface area contributed by atoms with Crippen molar-refractivity contribution >= 4 is 17.6 Å². The molecule has 0 aliphatic rings. The highest BCUT2D eigenvalue weighted by Crippen LogP contribution is 2.19. The van der Waals surface area contributed by atoms with Crippen LogP contribution in [0.3, 0.4) is 0 Å². The zero-order valence-corrected chi connectivity index (χ0v) is 15.3. The number of hydrogen-bond acceptors (Lipinski definition) is 4. The molecule has 1 unspecified atom stereocenters. The molecule has 1 N–H and O–H groups in total. The summed E-state index contributed by atoms with van der Waals surface area (Å²) in [6, 6.07) is 4.95. The van der Waals surface area contributed by atoms with Crippen molar-refractivity contribution in [2.75, 3.05) is 30.5 Å². The lowest BCUT2D eigenvalue weighted by Gasteiger charge is -2.28. The van der Waals surface area contributed by atoms with Gasteiger partial charge in [-0.25, -0.2) is 4.98 Å². The van der Waals surface area contributed by atoms with E-state index in [1.165, 1.54) is 5.56 Å². The maximum atomic E-state index is 4.72. The van der Waals surface area contributed by atoms with E-state index in [0.717, 1.165) is 36.8 Å². The first-order valence-electron chi connectivity index (χ1n) is 7.88. The van der Waals surface area contributed by atoms with Gasteiger partial charge in [0, 0.05) is 31.1 Å². The second-order valence-corrected chi connectivity index (χ2v) is 7.04. The molecule has 1 atom stereocenters. The van der Waals surface area contributed by atoms with Gasteiger partial charge in [0.1, 0.15) is 5.82 Å². The van der Waals surface area contributed by atoms with Gasteiger partial charge in [0.2, 0.25) is 0 Å². The summed E-state index contributed by atoms with van der Waals surface area (Å²) in [7, 11) is 2.16. The van der Waals surface area contributed by atoms with Crippen LogP contribution in [0.4, 0.5) is 5.82 Å². The van der Waals surface area contributed by atoms with E-state index in [1.54, 1.807) is 0 Å². The highest BCUT2D eigenvalue weighted by Gasteiger charge is 2.14. The van der Waals surface area contributed by atoms with E-state index in [1.807, 2.05) is 11.8 Å². The van der Waals surface area contributed by atoms with Crippen molar-refractivity contribution < 1.29 is 0 Å². The Morgan fingerprint density at radius 1 is 1.33 bits per heavy atom. The average molecular weight is 310 g/mol. The van der Waals surface area contributed by atoms with Crippen molar-refractivity contribution in [1.82, 2.24) is 10.3 Å². The summed E-state index contributed by atoms with van der Waals surface area (Å²) in [6.45, 7) is 10.8. The van der Waals surface area contributed by atoms with Gasteiger partial charge >= 0.3 is 0 Å². The van der Waals surface area contributed by atoms with Crippen LogP contribution < -0.4 is 10.2 Å². The van der Waals surface area contributed by atoms with Crippen LogP contribution in [0.25, 0.3) is 0 Å². The second-order valence-electron chi connectivity index (χ2n) is 6.13. The van der Waals surface area contributed by atoms with Gasteiger partial charge in [0.25, 0.3) is 0 Å². The van der Waals surface area contributed by atoms with Crippen molar-refractivity contribution in [3.05, 3.63) is 23.4 Å². The van der Waals surface area contributed by atoms with Crippen molar-refractivity contribution in [1.29, 1.82) is 0 Å². The van der Waals surface area contributed by atoms with E-state index in [-0.39, 0.29) is 0 Å². The minimum Gasteiger partial charge on any atom is -0.356 e. The number of nitrogens with zero attached hydrogens (tertiary/aromatic N) is 2. The molecule has 0 fully saturated rings. The lowest BCUT2D eigenvalue weighted by atomic mass is 10.1. The maximum absolute atomic E-state index is 4.72. The Balaban J connectivity index is 2.80. The van der Waals surface area contributed by atoms with E-state index in [9.17, 15) is 0 Å². The molecule has 3 nitrogen and oxygen atoms in total. The molecule has 0 spiro atoms. The van der Waals surface area contributed by atoms with E-state index in [0.29, 0.717) is 12.0 Å². The van der Waals surface area contributed by atoms with Crippen LogP contribution in [0.2, 0.25) is 0 Å². The molecule has 1 aromatic rings. The minimum absolute atomic E-state index is 0.547. The van der Waals surface area contributed by atoms with Crippen LogP contribution in [0.1, 0.15) is 38.4 Å². The molecule has 0 saturated heterocycles. The lowest BCUT2D eigenvalue weighted by molar-refractivity contribution is 0.552. The molecule has 0 amide bonds. The van der Waals surface area contributed by atoms with Crippen LogP contribution in [0.5, 0.6) is 0 Å². The van der Waals surface area contributed by atoms with Crippen LogP contribution >= 0.6 is 11.8 Å². The molecule has 0 radical (unpaired) electrons. The fourth-order valence-electron chi connectivity index (χ4n) is 2.39. The zero-order chi connectivity index (χ0) is 15.8. The molecule has 1 rings (SSSR count). The molecule has 21 heavy (non-hydrogen) atoms. The van der Waals surface area contributed by atoms with Crippen LogP contribution in [-0.2, 0) is 6.54 Å². The summed E-state index contributed by atoms with van der Waals surface area (Å²) in [5, 5.41) is 3.51. The van der Waals surface area contributed by atoms with Crippen LogP contribution in [0.15, 0.2) is 12.1 Å². The number of anilines is 1. The molecule has 0 aliphatic heterocycles. The summed E-state index contributed by atoms with van der Waals surface area (Å²) < 4.78 is 0. The number of thioether (sulfide) groups is 1. The van der Waals surface area contributed by atoms with Gasteiger partial charge in [-0.2, -0.15) is 11.8 Å². The van der Waals surface area contributed by atoms with Crippen molar-refractivity contribution in [3.63, 3.8) is 0 Å². The highest BCUT2D eigenvalue weighted by molar-refractivity contribution is 7.98. The Hall–Kier alpha value is -0.740. The van der Waals surface area contributed by atoms with Gasteiger partial charge in [-0.05, 0) is 49.8 Å². The fraction of sp³-hybridized carbons (Fsp3) is 0.706. The van der Waals surface area contributed by atoms with Gasteiger partial charge in [-0.3, -0.25) is 0 Å². The molecule has 0 saturated carbocycles. The summed E-state index contributed by atoms with van der Waals surface area (Å²) in [4.78, 5) is 7.05. The average Bonchev–Trinajstić information content (AvgIpc) is 2.43. The third-order valence-corrected chi connectivity index (χ3v) is 4.34. The lowest BCUT2D eigenvalue weighted by Crippen LogP contribution is -2.34. The Kier molecular flexibility index (Phi) is 8.12. The van der Waals surface area contributed by atoms with Gasteiger partial charge in [0.15, 0.2) is 0 Å². The Labute approximate surface area is 134 Å². The smallest absolute Gasteiger partial charge is 0.129 e. The van der Waals surface area contributed by atoms with E-state index >= 15 is 0 Å². The van der Waals surface area contributed by atoms with Crippen LogP contribution in [0, 0.1) is 12.8 Å². The molecular formula is C17H31N3S. The fourth-order valence-corrected chi connectivity index (χ4v) is 3.24. The number of hydrogen-bond donors (Lipinski definition) is 1. The zero-order valence-electron chi connectivity index (χ0n) is 14.4. The predicted octanol–water partition coefficient (Wildman–Crippen LogP) is 3.71. The standard InChI is InChI=1S/C17H31N3S/c1-7-16(12-21-6)20(5)17-9-15(8-14(4)19-17)11-18-10-13(2)3/h8-9,13,16,18H,7,10-12H2,1-6H3. The molecule has 0 bridgehead atoms. The SMILES string of the molecule is CCC(CSC)N(C)c1cc(CNCC(C)C)cc(C)n1. The molecule has 0 aliphatic carbocycles. The van der Waals surface area contributed by atoms with Crippen molar-refractivity contribution in [2.24, 2.45) is 5.92 Å². The van der Waals surface area contributed by atoms with Gasteiger partial charge in [0.05, 0.1) is 0 Å². The topological polar surface area (TPSA) is 28.2 Å². The first-order valence-corrected chi connectivity index (χ1v) is 9.27. The van der Waals surface area contributed by atoms with Crippen LogP contribution in [-0.4, -0.2) is 36.6 Å². The predicted molar refractivity (Wildman–Crippen MR) is 96.4 cm³/mol. The summed E-state index contributed by atoms with van der Waals surface area (Å²) in [6.07, 6.45) is 3.31. The number of aryl methyl sites for hydroxylation is 1. The van der Waals surface area contributed by atoms with Gasteiger partial charge in [-0.15, -0.1) is 0 Å². The van der Waals surface area contributed by atoms with E-state index in [2.05, 4.69) is 63.3 Å². The Morgan fingerprint density at radius 3 is 2.62 bits per heavy atom. The number of aromatic nitrogens is 1. The largest absolute Gasteiger partial charge is 0.356 e. The van der Waals surface area contributed by atoms with Gasteiger partial charge in [-0.1, -0.05) is 20.8 Å². The summed E-state index contributed by atoms with van der Waals surface area (Å²) in [5.74, 6) is 2.92. The minimum atomic E-state index is 0.547. The first-order chi connectivity index (χ1) is 9.97. The van der Waals surface area contributed by atoms with Crippen molar-refractivity contribution in [3.8, 4) is 0 Å². The second kappa shape index (κ2) is 9.31. The Bertz CT molecular complexity index is 420. The molecule has 1 aromatic heterocycles. The van der Waals surface area contributed by atoms with Crippen molar-refractivity contribution in [2.45, 2.75) is 46.7 Å². The third kappa shape index (κ3) is 6.27. The Morgan fingerprint density at radius 2 is 2.05 bits per heavy atom. The number of nitrogens with one attached hydrogen (secondary N) is 1. The monoisotopic (exact) mass is 309 g/mol. The number of rotatable bonds is 9. The quantitative estimate of drug-likeness (QED) is 0.752. The molecule has 4 heteroatoms. The summed E-state index contributed by atoms with van der Waals surface area (Å²) in [5.41, 5.74) is 2.42. The third-order valence-electron chi connectivity index (χ3n) is 3.62. The number of pyridine rings is 1. The van der Waals surface area contributed by atoms with E-state index in [4.69, 9.17) is 4.98 Å². The maximum Gasteiger partial charge on any atom is 0.129 e. The molecular weight excluding hydrogens is 278 g/mol. The molecule has 1 heterocycles. The van der Waals surface area contributed by atoms with E-state index < -0.39 is 0 Å². The normalized spacial score (nSPS) is 12.7. The molecule has 0 aromatic carbocycles. The van der Waals surface area contributed by atoms with Gasteiger partial charge < -0.3 is 10.2 Å².